The van der Waals surface area contributed by atoms with Crippen LogP contribution in [0.25, 0.3) is 0 Å². The summed E-state index contributed by atoms with van der Waals surface area (Å²) in [5, 5.41) is 3.14. The second kappa shape index (κ2) is 6.05. The van der Waals surface area contributed by atoms with Gasteiger partial charge in [0.15, 0.2) is 0 Å². The molecule has 3 nitrogen and oxygen atoms in total. The molecule has 0 radical (unpaired) electrons. The number of piperidine rings is 1. The molecule has 0 aromatic rings. The number of hydrogen-bond donors (Lipinski definition) is 1. The van der Waals surface area contributed by atoms with Gasteiger partial charge in [-0.05, 0) is 37.5 Å². The van der Waals surface area contributed by atoms with Gasteiger partial charge in [0.05, 0.1) is 0 Å². The second-order valence-corrected chi connectivity index (χ2v) is 6.36. The summed E-state index contributed by atoms with van der Waals surface area (Å²) >= 11 is 0. The molecule has 18 heavy (non-hydrogen) atoms. The zero-order valence-electron chi connectivity index (χ0n) is 12.1. The van der Waals surface area contributed by atoms with Crippen LogP contribution >= 0.6 is 0 Å². The predicted octanol–water partition coefficient (Wildman–Crippen LogP) is 2.41. The average molecular weight is 252 g/mol. The maximum atomic E-state index is 11.3. The van der Waals surface area contributed by atoms with Crippen molar-refractivity contribution in [3.8, 4) is 0 Å². The van der Waals surface area contributed by atoms with Crippen molar-refractivity contribution in [2.24, 2.45) is 11.8 Å². The molecule has 1 aliphatic heterocycles. The SMILES string of the molecule is CCCC1CC(NC(C)=O)CN(C2CCC2C)C1. The third-order valence-electron chi connectivity index (χ3n) is 4.71. The molecule has 1 heterocycles. The van der Waals surface area contributed by atoms with Crippen molar-refractivity contribution in [3.05, 3.63) is 0 Å². The Labute approximate surface area is 111 Å². The standard InChI is InChI=1S/C15H28N2O/c1-4-5-13-8-14(16-12(3)18)10-17(9-13)15-7-6-11(15)2/h11,13-15H,4-10H2,1-3H3,(H,16,18). The van der Waals surface area contributed by atoms with Crippen molar-refractivity contribution in [3.63, 3.8) is 0 Å². The van der Waals surface area contributed by atoms with Crippen molar-refractivity contribution in [1.82, 2.24) is 10.2 Å². The van der Waals surface area contributed by atoms with Crippen LogP contribution in [-0.4, -0.2) is 36.0 Å². The Kier molecular flexibility index (Phi) is 4.66. The van der Waals surface area contributed by atoms with Crippen LogP contribution in [0.2, 0.25) is 0 Å². The van der Waals surface area contributed by atoms with E-state index in [2.05, 4.69) is 24.1 Å². The number of amides is 1. The Balaban J connectivity index is 1.94. The van der Waals surface area contributed by atoms with Gasteiger partial charge in [0.2, 0.25) is 5.91 Å². The molecule has 2 aliphatic rings. The van der Waals surface area contributed by atoms with Crippen LogP contribution in [0.3, 0.4) is 0 Å². The lowest BCUT2D eigenvalue weighted by Crippen LogP contribution is -2.57. The molecule has 2 fully saturated rings. The van der Waals surface area contributed by atoms with Crippen molar-refractivity contribution < 1.29 is 4.79 Å². The van der Waals surface area contributed by atoms with E-state index in [0.29, 0.717) is 6.04 Å². The van der Waals surface area contributed by atoms with E-state index in [4.69, 9.17) is 0 Å². The number of carbonyl (C=O) groups is 1. The summed E-state index contributed by atoms with van der Waals surface area (Å²) in [6, 6.07) is 1.15. The molecule has 1 saturated heterocycles. The molecule has 2 rings (SSSR count). The Morgan fingerprint density at radius 1 is 1.33 bits per heavy atom. The van der Waals surface area contributed by atoms with E-state index in [0.717, 1.165) is 24.4 Å². The number of rotatable bonds is 4. The number of nitrogens with zero attached hydrogens (tertiary/aromatic N) is 1. The van der Waals surface area contributed by atoms with Gasteiger partial charge in [-0.3, -0.25) is 9.69 Å². The molecule has 1 amide bonds. The minimum Gasteiger partial charge on any atom is -0.352 e. The lowest BCUT2D eigenvalue weighted by molar-refractivity contribution is -0.120. The van der Waals surface area contributed by atoms with E-state index in [9.17, 15) is 4.79 Å². The van der Waals surface area contributed by atoms with Gasteiger partial charge in [-0.25, -0.2) is 0 Å². The Bertz CT molecular complexity index is 292. The predicted molar refractivity (Wildman–Crippen MR) is 74.4 cm³/mol. The number of carbonyl (C=O) groups excluding carboxylic acids is 1. The zero-order chi connectivity index (χ0) is 13.1. The number of hydrogen-bond acceptors (Lipinski definition) is 2. The topological polar surface area (TPSA) is 32.3 Å². The highest BCUT2D eigenvalue weighted by molar-refractivity contribution is 5.73. The van der Waals surface area contributed by atoms with Gasteiger partial charge in [0.1, 0.15) is 0 Å². The average Bonchev–Trinajstić information content (AvgIpc) is 2.26. The van der Waals surface area contributed by atoms with Crippen molar-refractivity contribution in [2.45, 2.75) is 65.0 Å². The Morgan fingerprint density at radius 3 is 2.61 bits per heavy atom. The highest BCUT2D eigenvalue weighted by atomic mass is 16.1. The highest BCUT2D eigenvalue weighted by Gasteiger charge is 2.37. The molecule has 4 atom stereocenters. The van der Waals surface area contributed by atoms with E-state index in [1.165, 1.54) is 38.6 Å². The first kappa shape index (κ1) is 13.9. The molecular formula is C15H28N2O. The first-order chi connectivity index (χ1) is 8.60. The molecule has 4 unspecified atom stereocenters. The normalized spacial score (nSPS) is 37.1. The van der Waals surface area contributed by atoms with Crippen LogP contribution in [0.15, 0.2) is 0 Å². The lowest BCUT2D eigenvalue weighted by Gasteiger charge is -2.48. The fourth-order valence-electron chi connectivity index (χ4n) is 3.71. The molecule has 3 heteroatoms. The molecule has 0 aromatic heterocycles. The summed E-state index contributed by atoms with van der Waals surface area (Å²) in [5.74, 6) is 1.75. The minimum absolute atomic E-state index is 0.124. The van der Waals surface area contributed by atoms with E-state index in [-0.39, 0.29) is 5.91 Å². The van der Waals surface area contributed by atoms with E-state index < -0.39 is 0 Å². The largest absolute Gasteiger partial charge is 0.352 e. The summed E-state index contributed by atoms with van der Waals surface area (Å²) in [4.78, 5) is 13.9. The van der Waals surface area contributed by atoms with E-state index in [1.807, 2.05) is 0 Å². The molecule has 0 bridgehead atoms. The van der Waals surface area contributed by atoms with Gasteiger partial charge in [-0.2, -0.15) is 0 Å². The molecule has 0 aromatic carbocycles. The number of nitrogens with one attached hydrogen (secondary N) is 1. The Morgan fingerprint density at radius 2 is 2.11 bits per heavy atom. The van der Waals surface area contributed by atoms with Crippen LogP contribution < -0.4 is 5.32 Å². The van der Waals surface area contributed by atoms with E-state index in [1.54, 1.807) is 6.92 Å². The van der Waals surface area contributed by atoms with Gasteiger partial charge >= 0.3 is 0 Å². The summed E-state index contributed by atoms with van der Waals surface area (Å²) in [6.07, 6.45) is 6.46. The fraction of sp³-hybridized carbons (Fsp3) is 0.933. The number of likely N-dealkylation sites (tertiary alicyclic amines) is 1. The van der Waals surface area contributed by atoms with Crippen molar-refractivity contribution in [1.29, 1.82) is 0 Å². The van der Waals surface area contributed by atoms with Crippen molar-refractivity contribution in [2.75, 3.05) is 13.1 Å². The zero-order valence-corrected chi connectivity index (χ0v) is 12.1. The third-order valence-corrected chi connectivity index (χ3v) is 4.71. The monoisotopic (exact) mass is 252 g/mol. The maximum Gasteiger partial charge on any atom is 0.217 e. The molecule has 104 valence electrons. The van der Waals surface area contributed by atoms with Crippen LogP contribution in [0, 0.1) is 11.8 Å². The van der Waals surface area contributed by atoms with Gasteiger partial charge in [0.25, 0.3) is 0 Å². The van der Waals surface area contributed by atoms with Crippen LogP contribution in [-0.2, 0) is 4.79 Å². The molecule has 0 spiro atoms. The first-order valence-corrected chi connectivity index (χ1v) is 7.61. The van der Waals surface area contributed by atoms with Gasteiger partial charge in [0, 0.05) is 32.1 Å². The van der Waals surface area contributed by atoms with Gasteiger partial charge in [-0.15, -0.1) is 0 Å². The Hall–Kier alpha value is -0.570. The van der Waals surface area contributed by atoms with Gasteiger partial charge < -0.3 is 5.32 Å². The van der Waals surface area contributed by atoms with E-state index >= 15 is 0 Å². The smallest absolute Gasteiger partial charge is 0.217 e. The molecule has 1 aliphatic carbocycles. The maximum absolute atomic E-state index is 11.3. The molecule has 1 saturated carbocycles. The van der Waals surface area contributed by atoms with Crippen LogP contribution in [0.1, 0.15) is 52.9 Å². The molecule has 1 N–H and O–H groups in total. The van der Waals surface area contributed by atoms with Crippen molar-refractivity contribution >= 4 is 5.91 Å². The summed E-state index contributed by atoms with van der Waals surface area (Å²) < 4.78 is 0. The minimum atomic E-state index is 0.124. The van der Waals surface area contributed by atoms with Gasteiger partial charge in [-0.1, -0.05) is 20.3 Å². The van der Waals surface area contributed by atoms with Crippen LogP contribution in [0.5, 0.6) is 0 Å². The summed E-state index contributed by atoms with van der Waals surface area (Å²) in [6.45, 7) is 8.58. The first-order valence-electron chi connectivity index (χ1n) is 7.61. The summed E-state index contributed by atoms with van der Waals surface area (Å²) in [5.41, 5.74) is 0. The fourth-order valence-corrected chi connectivity index (χ4v) is 3.71. The third kappa shape index (κ3) is 3.25. The molecular weight excluding hydrogens is 224 g/mol. The second-order valence-electron chi connectivity index (χ2n) is 6.36. The quantitative estimate of drug-likeness (QED) is 0.833. The lowest BCUT2D eigenvalue weighted by atomic mass is 9.78. The summed E-state index contributed by atoms with van der Waals surface area (Å²) in [7, 11) is 0. The van der Waals surface area contributed by atoms with Crippen LogP contribution in [0.4, 0.5) is 0 Å². The highest BCUT2D eigenvalue weighted by Crippen LogP contribution is 2.35.